The van der Waals surface area contributed by atoms with Crippen LogP contribution in [0.1, 0.15) is 12.2 Å². The van der Waals surface area contributed by atoms with E-state index < -0.39 is 5.97 Å². The zero-order chi connectivity index (χ0) is 11.3. The van der Waals surface area contributed by atoms with Gasteiger partial charge >= 0.3 is 5.97 Å². The lowest BCUT2D eigenvalue weighted by Crippen LogP contribution is -2.24. The third-order valence-corrected chi connectivity index (χ3v) is 2.35. The minimum absolute atomic E-state index is 0.192. The molecule has 0 saturated carbocycles. The molecule has 15 heavy (non-hydrogen) atoms. The van der Waals surface area contributed by atoms with Crippen LogP contribution in [0.3, 0.4) is 0 Å². The normalized spacial score (nSPS) is 10.9. The molecule has 0 spiro atoms. The molecule has 5 heteroatoms. The van der Waals surface area contributed by atoms with Crippen molar-refractivity contribution in [1.29, 1.82) is 0 Å². The Hall–Kier alpha value is -1.36. The van der Waals surface area contributed by atoms with Gasteiger partial charge in [0.25, 0.3) is 0 Å². The maximum atomic E-state index is 10.3. The summed E-state index contributed by atoms with van der Waals surface area (Å²) in [6, 6.07) is 0. The molecule has 0 fully saturated rings. The van der Waals surface area contributed by atoms with E-state index in [4.69, 9.17) is 5.11 Å². The van der Waals surface area contributed by atoms with Crippen LogP contribution >= 0.6 is 0 Å². The second-order valence-corrected chi connectivity index (χ2v) is 3.65. The first-order valence-electron chi connectivity index (χ1n) is 4.96. The fraction of sp³-hybridized carbons (Fsp3) is 0.600. The lowest BCUT2D eigenvalue weighted by molar-refractivity contribution is -0.137. The molecule has 0 aliphatic carbocycles. The van der Waals surface area contributed by atoms with Gasteiger partial charge in [0.1, 0.15) is 5.82 Å². The molecule has 0 radical (unpaired) electrons. The summed E-state index contributed by atoms with van der Waals surface area (Å²) in [6.45, 7) is 1.41. The number of hydrogen-bond donors (Lipinski definition) is 1. The molecule has 0 unspecified atom stereocenters. The van der Waals surface area contributed by atoms with Gasteiger partial charge in [-0.1, -0.05) is 0 Å². The summed E-state index contributed by atoms with van der Waals surface area (Å²) in [4.78, 5) is 16.6. The molecular formula is C10H17N3O2. The highest BCUT2D eigenvalue weighted by molar-refractivity contribution is 5.66. The predicted octanol–water partition coefficient (Wildman–Crippen LogP) is 0.369. The number of nitrogens with zero attached hydrogens (tertiary/aromatic N) is 3. The molecule has 1 rings (SSSR count). The van der Waals surface area contributed by atoms with Gasteiger partial charge in [-0.25, -0.2) is 4.98 Å². The van der Waals surface area contributed by atoms with Crippen LogP contribution in [0.2, 0.25) is 0 Å². The quantitative estimate of drug-likeness (QED) is 0.738. The number of carboxylic acid groups (broad SMARTS) is 1. The second kappa shape index (κ2) is 5.50. The maximum Gasteiger partial charge on any atom is 0.304 e. The van der Waals surface area contributed by atoms with Crippen molar-refractivity contribution in [1.82, 2.24) is 14.5 Å². The van der Waals surface area contributed by atoms with Gasteiger partial charge in [-0.2, -0.15) is 0 Å². The zero-order valence-electron chi connectivity index (χ0n) is 9.18. The lowest BCUT2D eigenvalue weighted by Gasteiger charge is -2.14. The monoisotopic (exact) mass is 211 g/mol. The Labute approximate surface area is 89.3 Å². The minimum atomic E-state index is -0.751. The lowest BCUT2D eigenvalue weighted by atomic mass is 10.3. The number of carboxylic acids is 1. The minimum Gasteiger partial charge on any atom is -0.481 e. The van der Waals surface area contributed by atoms with Crippen LogP contribution in [0.5, 0.6) is 0 Å². The van der Waals surface area contributed by atoms with Crippen LogP contribution in [-0.4, -0.2) is 45.7 Å². The van der Waals surface area contributed by atoms with Gasteiger partial charge < -0.3 is 14.6 Å². The molecule has 1 aromatic rings. The molecule has 0 aliphatic heterocycles. The second-order valence-electron chi connectivity index (χ2n) is 3.65. The Morgan fingerprint density at radius 1 is 1.60 bits per heavy atom. The number of likely N-dealkylation sites (N-methyl/N-ethyl adjacent to an activating group) is 1. The number of aryl methyl sites for hydroxylation is 1. The van der Waals surface area contributed by atoms with Crippen molar-refractivity contribution in [2.24, 2.45) is 7.05 Å². The SMILES string of the molecule is CN(CCC(=O)O)CCc1nccn1C. The Morgan fingerprint density at radius 2 is 2.33 bits per heavy atom. The van der Waals surface area contributed by atoms with E-state index in [-0.39, 0.29) is 6.42 Å². The van der Waals surface area contributed by atoms with Crippen LogP contribution in [0, 0.1) is 0 Å². The summed E-state index contributed by atoms with van der Waals surface area (Å²) < 4.78 is 1.98. The van der Waals surface area contributed by atoms with E-state index in [9.17, 15) is 4.79 Å². The number of aromatic nitrogens is 2. The van der Waals surface area contributed by atoms with Crippen molar-refractivity contribution in [3.63, 3.8) is 0 Å². The molecule has 1 aromatic heterocycles. The molecular weight excluding hydrogens is 194 g/mol. The van der Waals surface area contributed by atoms with E-state index in [0.29, 0.717) is 6.54 Å². The smallest absolute Gasteiger partial charge is 0.304 e. The highest BCUT2D eigenvalue weighted by Gasteiger charge is 2.04. The van der Waals surface area contributed by atoms with E-state index in [1.807, 2.05) is 29.8 Å². The Morgan fingerprint density at radius 3 is 2.87 bits per heavy atom. The predicted molar refractivity (Wildman–Crippen MR) is 56.7 cm³/mol. The van der Waals surface area contributed by atoms with E-state index in [0.717, 1.165) is 18.8 Å². The first-order valence-corrected chi connectivity index (χ1v) is 4.96. The molecule has 0 bridgehead atoms. The first-order chi connectivity index (χ1) is 7.09. The first kappa shape index (κ1) is 11.7. The summed E-state index contributed by atoms with van der Waals surface area (Å²) in [7, 11) is 3.88. The third-order valence-electron chi connectivity index (χ3n) is 2.35. The van der Waals surface area contributed by atoms with E-state index >= 15 is 0 Å². The van der Waals surface area contributed by atoms with Gasteiger partial charge in [0.2, 0.25) is 0 Å². The summed E-state index contributed by atoms with van der Waals surface area (Å²) in [5.41, 5.74) is 0. The van der Waals surface area contributed by atoms with Crippen LogP contribution < -0.4 is 0 Å². The van der Waals surface area contributed by atoms with E-state index in [1.54, 1.807) is 6.20 Å². The van der Waals surface area contributed by atoms with Crippen LogP contribution in [0.25, 0.3) is 0 Å². The number of hydrogen-bond acceptors (Lipinski definition) is 3. The molecule has 1 N–H and O–H groups in total. The van der Waals surface area contributed by atoms with Gasteiger partial charge in [0.05, 0.1) is 6.42 Å². The van der Waals surface area contributed by atoms with Crippen LogP contribution in [0.15, 0.2) is 12.4 Å². The highest BCUT2D eigenvalue weighted by atomic mass is 16.4. The van der Waals surface area contributed by atoms with Crippen molar-refractivity contribution in [3.8, 4) is 0 Å². The topological polar surface area (TPSA) is 58.4 Å². The molecule has 0 aromatic carbocycles. The summed E-state index contributed by atoms with van der Waals surface area (Å²) >= 11 is 0. The number of imidazole rings is 1. The molecule has 0 amide bonds. The van der Waals surface area contributed by atoms with Gasteiger partial charge in [0, 0.05) is 39.0 Å². The van der Waals surface area contributed by atoms with Crippen molar-refractivity contribution in [3.05, 3.63) is 18.2 Å². The molecule has 5 nitrogen and oxygen atoms in total. The van der Waals surface area contributed by atoms with Crippen LogP contribution in [-0.2, 0) is 18.3 Å². The van der Waals surface area contributed by atoms with Gasteiger partial charge in [-0.3, -0.25) is 4.79 Å². The van der Waals surface area contributed by atoms with Gasteiger partial charge in [0.15, 0.2) is 0 Å². The average Bonchev–Trinajstić information content (AvgIpc) is 2.58. The average molecular weight is 211 g/mol. The summed E-state index contributed by atoms with van der Waals surface area (Å²) in [5.74, 6) is 0.274. The Bertz CT molecular complexity index is 322. The van der Waals surface area contributed by atoms with Crippen molar-refractivity contribution < 1.29 is 9.90 Å². The third kappa shape index (κ3) is 4.12. The van der Waals surface area contributed by atoms with Crippen molar-refractivity contribution >= 4 is 5.97 Å². The largest absolute Gasteiger partial charge is 0.481 e. The van der Waals surface area contributed by atoms with Gasteiger partial charge in [-0.15, -0.1) is 0 Å². The Kier molecular flexibility index (Phi) is 4.30. The molecule has 0 atom stereocenters. The molecule has 84 valence electrons. The summed E-state index contributed by atoms with van der Waals surface area (Å²) in [5, 5.41) is 8.52. The number of rotatable bonds is 6. The highest BCUT2D eigenvalue weighted by Crippen LogP contribution is 1.97. The Balaban J connectivity index is 2.25. The van der Waals surface area contributed by atoms with Crippen LogP contribution in [0.4, 0.5) is 0 Å². The van der Waals surface area contributed by atoms with Gasteiger partial charge in [-0.05, 0) is 7.05 Å². The van der Waals surface area contributed by atoms with Crippen molar-refractivity contribution in [2.75, 3.05) is 20.1 Å². The number of aliphatic carboxylic acids is 1. The van der Waals surface area contributed by atoms with Crippen molar-refractivity contribution in [2.45, 2.75) is 12.8 Å². The fourth-order valence-corrected chi connectivity index (χ4v) is 1.33. The fourth-order valence-electron chi connectivity index (χ4n) is 1.33. The number of carbonyl (C=O) groups is 1. The zero-order valence-corrected chi connectivity index (χ0v) is 9.18. The van der Waals surface area contributed by atoms with E-state index in [1.165, 1.54) is 0 Å². The maximum absolute atomic E-state index is 10.3. The molecule has 1 heterocycles. The van der Waals surface area contributed by atoms with E-state index in [2.05, 4.69) is 4.98 Å². The standard InChI is InChI=1S/C10H17N3O2/c1-12(7-4-10(14)15)6-3-9-11-5-8-13(9)2/h5,8H,3-4,6-7H2,1-2H3,(H,14,15). The molecule has 0 aliphatic rings. The molecule has 0 saturated heterocycles. The summed E-state index contributed by atoms with van der Waals surface area (Å²) in [6.07, 6.45) is 4.72.